The minimum atomic E-state index is 0.609. The Morgan fingerprint density at radius 1 is 1.78 bits per heavy atom. The molecule has 1 aliphatic rings. The van der Waals surface area contributed by atoms with Crippen LogP contribution in [0, 0.1) is 0 Å². The molecule has 0 spiro atoms. The first-order chi connectivity index (χ1) is 4.24. The highest BCUT2D eigenvalue weighted by Gasteiger charge is 2.12. The third kappa shape index (κ3) is 1.15. The molecule has 0 aromatic heterocycles. The van der Waals surface area contributed by atoms with Gasteiger partial charge in [0, 0.05) is 11.7 Å². The number of nitrogens with one attached hydrogen (secondary N) is 1. The molecule has 0 aromatic carbocycles. The van der Waals surface area contributed by atoms with Crippen molar-refractivity contribution in [3.8, 4) is 0 Å². The molecule has 0 unspecified atom stereocenters. The molecular formula is C8H13N. The molecule has 1 heteroatoms. The van der Waals surface area contributed by atoms with Gasteiger partial charge in [-0.2, -0.15) is 0 Å². The van der Waals surface area contributed by atoms with E-state index in [-0.39, 0.29) is 0 Å². The second kappa shape index (κ2) is 2.26. The highest BCUT2D eigenvalue weighted by atomic mass is 14.9. The highest BCUT2D eigenvalue weighted by molar-refractivity contribution is 5.26. The van der Waals surface area contributed by atoms with Crippen LogP contribution in [0.3, 0.4) is 0 Å². The van der Waals surface area contributed by atoms with Gasteiger partial charge in [-0.05, 0) is 31.9 Å². The predicted octanol–water partition coefficient (Wildman–Crippen LogP) is 1.83. The topological polar surface area (TPSA) is 12.0 Å². The average molecular weight is 123 g/mol. The van der Waals surface area contributed by atoms with Crippen molar-refractivity contribution < 1.29 is 0 Å². The summed E-state index contributed by atoms with van der Waals surface area (Å²) >= 11 is 0. The quantitative estimate of drug-likeness (QED) is 0.561. The molecule has 0 fully saturated rings. The molecule has 0 aromatic rings. The summed E-state index contributed by atoms with van der Waals surface area (Å²) < 4.78 is 0. The van der Waals surface area contributed by atoms with Crippen LogP contribution in [0.15, 0.2) is 23.9 Å². The maximum Gasteiger partial charge on any atom is 0.0326 e. The van der Waals surface area contributed by atoms with Crippen LogP contribution in [0.25, 0.3) is 0 Å². The van der Waals surface area contributed by atoms with Gasteiger partial charge in [0.1, 0.15) is 0 Å². The molecule has 1 heterocycles. The molecule has 1 nitrogen and oxygen atoms in total. The minimum absolute atomic E-state index is 0.609. The standard InChI is InChI=1S/C8H13N/c1-4-8-6(2)5-7(3)9-8/h4,7,9H,1,5H2,2-3H3/t7-/m1/s1. The fraction of sp³-hybridized carbons (Fsp3) is 0.500. The molecule has 0 amide bonds. The van der Waals surface area contributed by atoms with E-state index in [0.29, 0.717) is 6.04 Å². The largest absolute Gasteiger partial charge is 0.382 e. The van der Waals surface area contributed by atoms with Crippen LogP contribution in [0.1, 0.15) is 20.3 Å². The van der Waals surface area contributed by atoms with Crippen LogP contribution in [-0.4, -0.2) is 6.04 Å². The van der Waals surface area contributed by atoms with E-state index in [4.69, 9.17) is 0 Å². The second-order valence-electron chi connectivity index (χ2n) is 2.65. The Morgan fingerprint density at radius 2 is 2.44 bits per heavy atom. The summed E-state index contributed by atoms with van der Waals surface area (Å²) in [5, 5.41) is 3.31. The van der Waals surface area contributed by atoms with E-state index in [1.165, 1.54) is 17.7 Å². The van der Waals surface area contributed by atoms with Crippen molar-refractivity contribution in [2.45, 2.75) is 26.3 Å². The van der Waals surface area contributed by atoms with Gasteiger partial charge in [0.05, 0.1) is 0 Å². The molecule has 0 saturated heterocycles. The number of hydrogen-bond acceptors (Lipinski definition) is 1. The first-order valence-electron chi connectivity index (χ1n) is 3.32. The molecule has 9 heavy (non-hydrogen) atoms. The maximum absolute atomic E-state index is 3.71. The van der Waals surface area contributed by atoms with Crippen LogP contribution in [0.5, 0.6) is 0 Å². The number of allylic oxidation sites excluding steroid dienone is 1. The lowest BCUT2D eigenvalue weighted by Gasteiger charge is -2.02. The third-order valence-corrected chi connectivity index (χ3v) is 1.68. The van der Waals surface area contributed by atoms with Gasteiger partial charge in [-0.25, -0.2) is 0 Å². The van der Waals surface area contributed by atoms with Gasteiger partial charge >= 0.3 is 0 Å². The zero-order chi connectivity index (χ0) is 6.85. The predicted molar refractivity (Wildman–Crippen MR) is 40.1 cm³/mol. The van der Waals surface area contributed by atoms with Gasteiger partial charge in [0.2, 0.25) is 0 Å². The maximum atomic E-state index is 3.71. The molecule has 0 radical (unpaired) electrons. The summed E-state index contributed by atoms with van der Waals surface area (Å²) in [5.74, 6) is 0. The van der Waals surface area contributed by atoms with Crippen LogP contribution in [0.4, 0.5) is 0 Å². The van der Waals surface area contributed by atoms with E-state index in [0.717, 1.165) is 0 Å². The smallest absolute Gasteiger partial charge is 0.0326 e. The summed E-state index contributed by atoms with van der Waals surface area (Å²) in [4.78, 5) is 0. The van der Waals surface area contributed by atoms with Gasteiger partial charge in [-0.15, -0.1) is 0 Å². The molecule has 0 bridgehead atoms. The van der Waals surface area contributed by atoms with E-state index >= 15 is 0 Å². The van der Waals surface area contributed by atoms with E-state index in [1.807, 2.05) is 6.08 Å². The second-order valence-corrected chi connectivity index (χ2v) is 2.65. The Kier molecular flexibility index (Phi) is 1.60. The molecule has 0 saturated carbocycles. The molecule has 1 atom stereocenters. The van der Waals surface area contributed by atoms with Crippen LogP contribution < -0.4 is 5.32 Å². The fourth-order valence-electron chi connectivity index (χ4n) is 1.24. The van der Waals surface area contributed by atoms with Gasteiger partial charge in [-0.3, -0.25) is 0 Å². The summed E-state index contributed by atoms with van der Waals surface area (Å²) in [6.45, 7) is 8.03. The van der Waals surface area contributed by atoms with Crippen LogP contribution in [0.2, 0.25) is 0 Å². The Hall–Kier alpha value is -0.720. The van der Waals surface area contributed by atoms with Crippen molar-refractivity contribution in [2.75, 3.05) is 0 Å². The van der Waals surface area contributed by atoms with Crippen molar-refractivity contribution in [1.82, 2.24) is 5.32 Å². The first kappa shape index (κ1) is 6.40. The number of rotatable bonds is 1. The van der Waals surface area contributed by atoms with Crippen molar-refractivity contribution in [1.29, 1.82) is 0 Å². The van der Waals surface area contributed by atoms with Crippen LogP contribution >= 0.6 is 0 Å². The lowest BCUT2D eigenvalue weighted by atomic mass is 10.2. The van der Waals surface area contributed by atoms with E-state index in [1.54, 1.807) is 0 Å². The van der Waals surface area contributed by atoms with Crippen molar-refractivity contribution in [3.05, 3.63) is 23.9 Å². The van der Waals surface area contributed by atoms with Crippen LogP contribution in [-0.2, 0) is 0 Å². The number of hydrogen-bond donors (Lipinski definition) is 1. The Morgan fingerprint density at radius 3 is 2.67 bits per heavy atom. The van der Waals surface area contributed by atoms with Gasteiger partial charge in [0.15, 0.2) is 0 Å². The lowest BCUT2D eigenvalue weighted by molar-refractivity contribution is 0.673. The van der Waals surface area contributed by atoms with Gasteiger partial charge in [-0.1, -0.05) is 6.58 Å². The zero-order valence-electron chi connectivity index (χ0n) is 6.07. The summed E-state index contributed by atoms with van der Waals surface area (Å²) in [6, 6.07) is 0.609. The highest BCUT2D eigenvalue weighted by Crippen LogP contribution is 2.17. The van der Waals surface area contributed by atoms with E-state index < -0.39 is 0 Å². The molecule has 0 aliphatic carbocycles. The molecular weight excluding hydrogens is 110 g/mol. The Bertz CT molecular complexity index is 156. The Labute approximate surface area is 56.5 Å². The molecule has 1 N–H and O–H groups in total. The SMILES string of the molecule is C=CC1=C(C)C[C@@H](C)N1. The van der Waals surface area contributed by atoms with Crippen molar-refractivity contribution in [3.63, 3.8) is 0 Å². The molecule has 1 rings (SSSR count). The molecule has 50 valence electrons. The van der Waals surface area contributed by atoms with E-state index in [2.05, 4.69) is 25.7 Å². The third-order valence-electron chi connectivity index (χ3n) is 1.68. The van der Waals surface area contributed by atoms with Gasteiger partial charge in [0.25, 0.3) is 0 Å². The van der Waals surface area contributed by atoms with Crippen molar-refractivity contribution in [2.24, 2.45) is 0 Å². The Balaban J connectivity index is 2.69. The summed E-state index contributed by atoms with van der Waals surface area (Å²) in [5.41, 5.74) is 2.65. The monoisotopic (exact) mass is 123 g/mol. The average Bonchev–Trinajstić information content (AvgIpc) is 2.10. The summed E-state index contributed by atoms with van der Waals surface area (Å²) in [7, 11) is 0. The summed E-state index contributed by atoms with van der Waals surface area (Å²) in [6.07, 6.45) is 3.06. The molecule has 1 aliphatic heterocycles. The fourth-order valence-corrected chi connectivity index (χ4v) is 1.24. The van der Waals surface area contributed by atoms with E-state index in [9.17, 15) is 0 Å². The normalized spacial score (nSPS) is 26.2. The first-order valence-corrected chi connectivity index (χ1v) is 3.32. The van der Waals surface area contributed by atoms with Gasteiger partial charge < -0.3 is 5.32 Å². The minimum Gasteiger partial charge on any atom is -0.382 e. The lowest BCUT2D eigenvalue weighted by Crippen LogP contribution is -2.16. The van der Waals surface area contributed by atoms with Crippen molar-refractivity contribution >= 4 is 0 Å². The zero-order valence-corrected chi connectivity index (χ0v) is 6.07.